The summed E-state index contributed by atoms with van der Waals surface area (Å²) in [6.45, 7) is 1.92. The van der Waals surface area contributed by atoms with E-state index in [0.717, 1.165) is 6.54 Å². The van der Waals surface area contributed by atoms with E-state index in [9.17, 15) is 4.79 Å². The lowest BCUT2D eigenvalue weighted by Gasteiger charge is -2.21. The van der Waals surface area contributed by atoms with E-state index >= 15 is 0 Å². The topological polar surface area (TPSA) is 59.6 Å². The Labute approximate surface area is 65.0 Å². The van der Waals surface area contributed by atoms with Crippen molar-refractivity contribution in [3.8, 4) is 0 Å². The largest absolute Gasteiger partial charge is 0.366 e. The molecule has 64 valence electrons. The Morgan fingerprint density at radius 1 is 1.82 bits per heavy atom. The normalized spacial score (nSPS) is 24.6. The van der Waals surface area contributed by atoms with Gasteiger partial charge in [0, 0.05) is 13.1 Å². The molecule has 0 radical (unpaired) electrons. The molecule has 1 rings (SSSR count). The zero-order chi connectivity index (χ0) is 8.10. The van der Waals surface area contributed by atoms with Crippen LogP contribution in [0.2, 0.25) is 0 Å². The van der Waals surface area contributed by atoms with Crippen molar-refractivity contribution in [3.05, 3.63) is 0 Å². The van der Waals surface area contributed by atoms with Crippen LogP contribution in [-0.4, -0.2) is 38.8 Å². The first-order chi connectivity index (χ1) is 5.34. The van der Waals surface area contributed by atoms with Crippen LogP contribution < -0.4 is 10.8 Å². The van der Waals surface area contributed by atoms with Gasteiger partial charge in [-0.3, -0.25) is 9.63 Å². The van der Waals surface area contributed by atoms with Gasteiger partial charge in [-0.1, -0.05) is 0 Å². The molecule has 0 aromatic carbocycles. The zero-order valence-corrected chi connectivity index (χ0v) is 6.42. The SMILES string of the molecule is CONC(=O)C1CNCCO1. The molecule has 1 unspecified atom stereocenters. The second-order valence-electron chi connectivity index (χ2n) is 2.23. The van der Waals surface area contributed by atoms with Crippen LogP contribution in [0.25, 0.3) is 0 Å². The molecule has 1 amide bonds. The minimum absolute atomic E-state index is 0.236. The van der Waals surface area contributed by atoms with E-state index < -0.39 is 6.10 Å². The smallest absolute Gasteiger partial charge is 0.273 e. The van der Waals surface area contributed by atoms with Crippen LogP contribution in [-0.2, 0) is 14.4 Å². The standard InChI is InChI=1S/C6H12N2O3/c1-10-8-6(9)5-4-7-2-3-11-5/h5,7H,2-4H2,1H3,(H,8,9). The van der Waals surface area contributed by atoms with Gasteiger partial charge in [0.15, 0.2) is 6.10 Å². The number of morpholine rings is 1. The number of hydrogen-bond acceptors (Lipinski definition) is 4. The first-order valence-electron chi connectivity index (χ1n) is 3.49. The fraction of sp³-hybridized carbons (Fsp3) is 0.833. The van der Waals surface area contributed by atoms with E-state index in [1.807, 2.05) is 0 Å². The lowest BCUT2D eigenvalue weighted by molar-refractivity contribution is -0.144. The molecule has 0 aromatic rings. The van der Waals surface area contributed by atoms with Gasteiger partial charge in [0.05, 0.1) is 13.7 Å². The van der Waals surface area contributed by atoms with E-state index in [4.69, 9.17) is 4.74 Å². The Morgan fingerprint density at radius 3 is 3.18 bits per heavy atom. The highest BCUT2D eigenvalue weighted by molar-refractivity contribution is 5.80. The van der Waals surface area contributed by atoms with Gasteiger partial charge in [-0.25, -0.2) is 5.48 Å². The van der Waals surface area contributed by atoms with Crippen molar-refractivity contribution in [2.45, 2.75) is 6.10 Å². The summed E-state index contributed by atoms with van der Waals surface area (Å²) in [6.07, 6.45) is -0.413. The molecule has 1 fully saturated rings. The third kappa shape index (κ3) is 2.45. The molecule has 0 saturated carbocycles. The van der Waals surface area contributed by atoms with Crippen LogP contribution in [0.4, 0.5) is 0 Å². The first kappa shape index (κ1) is 8.45. The van der Waals surface area contributed by atoms with Crippen molar-refractivity contribution in [1.82, 2.24) is 10.8 Å². The van der Waals surface area contributed by atoms with Crippen LogP contribution in [0.3, 0.4) is 0 Å². The Kier molecular flexibility index (Phi) is 3.28. The van der Waals surface area contributed by atoms with Crippen molar-refractivity contribution in [2.24, 2.45) is 0 Å². The molecular formula is C6H12N2O3. The van der Waals surface area contributed by atoms with Crippen molar-refractivity contribution in [3.63, 3.8) is 0 Å². The van der Waals surface area contributed by atoms with Crippen molar-refractivity contribution < 1.29 is 14.4 Å². The molecule has 0 aliphatic carbocycles. The average molecular weight is 160 g/mol. The van der Waals surface area contributed by atoms with Crippen LogP contribution in [0.15, 0.2) is 0 Å². The van der Waals surface area contributed by atoms with Crippen LogP contribution in [0, 0.1) is 0 Å². The van der Waals surface area contributed by atoms with Gasteiger partial charge in [-0.15, -0.1) is 0 Å². The van der Waals surface area contributed by atoms with Gasteiger partial charge in [0.2, 0.25) is 0 Å². The average Bonchev–Trinajstić information content (AvgIpc) is 2.07. The number of rotatable bonds is 2. The summed E-state index contributed by atoms with van der Waals surface area (Å²) < 4.78 is 5.14. The number of ether oxygens (including phenoxy) is 1. The molecule has 1 aliphatic heterocycles. The lowest BCUT2D eigenvalue weighted by atomic mass is 10.3. The molecule has 0 bridgehead atoms. The van der Waals surface area contributed by atoms with E-state index in [0.29, 0.717) is 13.2 Å². The number of carbonyl (C=O) groups is 1. The molecule has 1 aliphatic rings. The fourth-order valence-corrected chi connectivity index (χ4v) is 0.900. The summed E-state index contributed by atoms with van der Waals surface area (Å²) >= 11 is 0. The highest BCUT2D eigenvalue weighted by Gasteiger charge is 2.20. The molecule has 1 atom stereocenters. The Bertz CT molecular complexity index is 134. The maximum absolute atomic E-state index is 11.0. The number of nitrogens with one attached hydrogen (secondary N) is 2. The fourth-order valence-electron chi connectivity index (χ4n) is 0.900. The van der Waals surface area contributed by atoms with E-state index in [1.54, 1.807) is 0 Å². The van der Waals surface area contributed by atoms with Crippen molar-refractivity contribution >= 4 is 5.91 Å². The second-order valence-corrected chi connectivity index (χ2v) is 2.23. The van der Waals surface area contributed by atoms with E-state index in [2.05, 4.69) is 15.6 Å². The van der Waals surface area contributed by atoms with Gasteiger partial charge < -0.3 is 10.1 Å². The number of amides is 1. The summed E-state index contributed by atoms with van der Waals surface area (Å²) in [5.41, 5.74) is 2.21. The lowest BCUT2D eigenvalue weighted by Crippen LogP contribution is -2.47. The third-order valence-electron chi connectivity index (χ3n) is 1.42. The Balaban J connectivity index is 2.27. The monoisotopic (exact) mass is 160 g/mol. The van der Waals surface area contributed by atoms with Gasteiger partial charge in [-0.2, -0.15) is 0 Å². The molecule has 0 aromatic heterocycles. The summed E-state index contributed by atoms with van der Waals surface area (Å²) in [6, 6.07) is 0. The predicted molar refractivity (Wildman–Crippen MR) is 37.8 cm³/mol. The number of hydrogen-bond donors (Lipinski definition) is 2. The van der Waals surface area contributed by atoms with Crippen LogP contribution >= 0.6 is 0 Å². The van der Waals surface area contributed by atoms with Crippen LogP contribution in [0.1, 0.15) is 0 Å². The summed E-state index contributed by atoms with van der Waals surface area (Å²) in [5.74, 6) is -0.236. The van der Waals surface area contributed by atoms with Crippen molar-refractivity contribution in [2.75, 3.05) is 26.8 Å². The van der Waals surface area contributed by atoms with Gasteiger partial charge >= 0.3 is 0 Å². The van der Waals surface area contributed by atoms with E-state index in [-0.39, 0.29) is 5.91 Å². The molecule has 2 N–H and O–H groups in total. The summed E-state index contributed by atoms with van der Waals surface area (Å²) in [4.78, 5) is 15.4. The molecule has 0 spiro atoms. The highest BCUT2D eigenvalue weighted by atomic mass is 16.6. The summed E-state index contributed by atoms with van der Waals surface area (Å²) in [5, 5.41) is 3.03. The molecule has 5 heteroatoms. The highest BCUT2D eigenvalue weighted by Crippen LogP contribution is 1.94. The quantitative estimate of drug-likeness (QED) is 0.490. The Morgan fingerprint density at radius 2 is 2.64 bits per heavy atom. The molecule has 1 heterocycles. The minimum atomic E-state index is -0.413. The molecule has 1 saturated heterocycles. The predicted octanol–water partition coefficient (Wildman–Crippen LogP) is -1.35. The Hall–Kier alpha value is -0.650. The van der Waals surface area contributed by atoms with Gasteiger partial charge in [-0.05, 0) is 0 Å². The van der Waals surface area contributed by atoms with E-state index in [1.165, 1.54) is 7.11 Å². The second kappa shape index (κ2) is 4.27. The maximum Gasteiger partial charge on any atom is 0.273 e. The first-order valence-corrected chi connectivity index (χ1v) is 3.49. The van der Waals surface area contributed by atoms with Gasteiger partial charge in [0.25, 0.3) is 5.91 Å². The third-order valence-corrected chi connectivity index (χ3v) is 1.42. The number of carbonyl (C=O) groups excluding carboxylic acids is 1. The van der Waals surface area contributed by atoms with Crippen LogP contribution in [0.5, 0.6) is 0 Å². The van der Waals surface area contributed by atoms with Gasteiger partial charge in [0.1, 0.15) is 0 Å². The molecule has 11 heavy (non-hydrogen) atoms. The minimum Gasteiger partial charge on any atom is -0.366 e. The number of hydroxylamine groups is 1. The molecular weight excluding hydrogens is 148 g/mol. The summed E-state index contributed by atoms with van der Waals surface area (Å²) in [7, 11) is 1.40. The maximum atomic E-state index is 11.0. The molecule has 5 nitrogen and oxygen atoms in total. The van der Waals surface area contributed by atoms with Crippen molar-refractivity contribution in [1.29, 1.82) is 0 Å². The zero-order valence-electron chi connectivity index (χ0n) is 6.42.